The molecule has 1 aliphatic rings. The van der Waals surface area contributed by atoms with Crippen molar-refractivity contribution in [2.75, 3.05) is 26.2 Å². The maximum absolute atomic E-state index is 12.3. The van der Waals surface area contributed by atoms with Gasteiger partial charge in [0.25, 0.3) is 0 Å². The van der Waals surface area contributed by atoms with E-state index in [-0.39, 0.29) is 12.0 Å². The van der Waals surface area contributed by atoms with E-state index in [0.29, 0.717) is 13.1 Å². The smallest absolute Gasteiger partial charge is 0.315 e. The van der Waals surface area contributed by atoms with Gasteiger partial charge in [0.15, 0.2) is 0 Å². The third-order valence-electron chi connectivity index (χ3n) is 2.77. The first-order chi connectivity index (χ1) is 6.90. The fourth-order valence-electron chi connectivity index (χ4n) is 2.04. The first-order valence-corrected chi connectivity index (χ1v) is 5.41. The molecule has 2 nitrogen and oxygen atoms in total. The second-order valence-corrected chi connectivity index (χ2v) is 4.45. The largest absolute Gasteiger partial charge is 0.401 e. The van der Waals surface area contributed by atoms with E-state index < -0.39 is 12.7 Å². The Bertz CT molecular complexity index is 192. The molecule has 1 atom stereocenters. The molecule has 0 aromatic heterocycles. The van der Waals surface area contributed by atoms with Crippen LogP contribution in [0.2, 0.25) is 0 Å². The zero-order chi connectivity index (χ0) is 11.5. The SMILES string of the molecule is CC(C)C1CNCCCN1CC(F)(F)F. The van der Waals surface area contributed by atoms with E-state index in [1.807, 2.05) is 13.8 Å². The summed E-state index contributed by atoms with van der Waals surface area (Å²) < 4.78 is 37.0. The highest BCUT2D eigenvalue weighted by Crippen LogP contribution is 2.21. The van der Waals surface area contributed by atoms with Crippen LogP contribution in [0.3, 0.4) is 0 Å². The summed E-state index contributed by atoms with van der Waals surface area (Å²) in [6.45, 7) is 5.18. The normalized spacial score (nSPS) is 25.6. The monoisotopic (exact) mass is 224 g/mol. The van der Waals surface area contributed by atoms with Gasteiger partial charge in [-0.1, -0.05) is 13.8 Å². The van der Waals surface area contributed by atoms with Gasteiger partial charge in [-0.2, -0.15) is 13.2 Å². The van der Waals surface area contributed by atoms with Crippen LogP contribution in [0.15, 0.2) is 0 Å². The predicted octanol–water partition coefficient (Wildman–Crippen LogP) is 1.87. The highest BCUT2D eigenvalue weighted by Gasteiger charge is 2.35. The molecule has 0 saturated carbocycles. The van der Waals surface area contributed by atoms with Crippen molar-refractivity contribution in [1.82, 2.24) is 10.2 Å². The summed E-state index contributed by atoms with van der Waals surface area (Å²) in [4.78, 5) is 1.56. The van der Waals surface area contributed by atoms with Crippen LogP contribution in [0, 0.1) is 5.92 Å². The van der Waals surface area contributed by atoms with Gasteiger partial charge >= 0.3 is 6.18 Å². The molecule has 1 fully saturated rings. The van der Waals surface area contributed by atoms with Crippen LogP contribution in [0.5, 0.6) is 0 Å². The molecule has 0 bridgehead atoms. The molecule has 15 heavy (non-hydrogen) atoms. The van der Waals surface area contributed by atoms with Crippen molar-refractivity contribution in [3.63, 3.8) is 0 Å². The molecule has 1 N–H and O–H groups in total. The summed E-state index contributed by atoms with van der Waals surface area (Å²) in [5, 5.41) is 3.19. The van der Waals surface area contributed by atoms with Gasteiger partial charge in [-0.15, -0.1) is 0 Å². The van der Waals surface area contributed by atoms with Gasteiger partial charge in [0.2, 0.25) is 0 Å². The molecule has 1 unspecified atom stereocenters. The quantitative estimate of drug-likeness (QED) is 0.770. The van der Waals surface area contributed by atoms with Crippen LogP contribution in [-0.4, -0.2) is 43.3 Å². The Morgan fingerprint density at radius 1 is 1.40 bits per heavy atom. The van der Waals surface area contributed by atoms with Crippen molar-refractivity contribution in [2.24, 2.45) is 5.92 Å². The lowest BCUT2D eigenvalue weighted by Gasteiger charge is -2.32. The number of alkyl halides is 3. The molecule has 0 aliphatic carbocycles. The van der Waals surface area contributed by atoms with E-state index >= 15 is 0 Å². The number of hydrogen-bond acceptors (Lipinski definition) is 2. The Morgan fingerprint density at radius 3 is 2.60 bits per heavy atom. The lowest BCUT2D eigenvalue weighted by atomic mass is 10.0. The lowest BCUT2D eigenvalue weighted by Crippen LogP contribution is -2.47. The van der Waals surface area contributed by atoms with E-state index in [1.54, 1.807) is 4.90 Å². The highest BCUT2D eigenvalue weighted by atomic mass is 19.4. The molecular weight excluding hydrogens is 205 g/mol. The standard InChI is InChI=1S/C10H19F3N2/c1-8(2)9-6-14-4-3-5-15(9)7-10(11,12)13/h8-9,14H,3-7H2,1-2H3. The van der Waals surface area contributed by atoms with Crippen molar-refractivity contribution in [2.45, 2.75) is 32.5 Å². The van der Waals surface area contributed by atoms with Gasteiger partial charge in [-0.25, -0.2) is 0 Å². The Balaban J connectivity index is 2.62. The molecule has 0 aromatic carbocycles. The summed E-state index contributed by atoms with van der Waals surface area (Å²) in [6, 6.07) is -0.00544. The van der Waals surface area contributed by atoms with Crippen molar-refractivity contribution in [1.29, 1.82) is 0 Å². The summed E-state index contributed by atoms with van der Waals surface area (Å²) in [6.07, 6.45) is -3.29. The first kappa shape index (κ1) is 12.8. The van der Waals surface area contributed by atoms with Crippen LogP contribution in [0.1, 0.15) is 20.3 Å². The average molecular weight is 224 g/mol. The number of halogens is 3. The molecule has 0 spiro atoms. The van der Waals surface area contributed by atoms with Crippen LogP contribution in [0.25, 0.3) is 0 Å². The minimum absolute atomic E-state index is 0.00544. The van der Waals surface area contributed by atoms with E-state index in [9.17, 15) is 13.2 Å². The fourth-order valence-corrected chi connectivity index (χ4v) is 2.04. The fraction of sp³-hybridized carbons (Fsp3) is 1.00. The van der Waals surface area contributed by atoms with Gasteiger partial charge in [-0.3, -0.25) is 4.90 Å². The van der Waals surface area contributed by atoms with Crippen molar-refractivity contribution < 1.29 is 13.2 Å². The topological polar surface area (TPSA) is 15.3 Å². The summed E-state index contributed by atoms with van der Waals surface area (Å²) in [5.74, 6) is 0.248. The van der Waals surface area contributed by atoms with Crippen LogP contribution < -0.4 is 5.32 Å². The van der Waals surface area contributed by atoms with Crippen LogP contribution >= 0.6 is 0 Å². The van der Waals surface area contributed by atoms with Gasteiger partial charge in [-0.05, 0) is 18.9 Å². The van der Waals surface area contributed by atoms with Crippen LogP contribution in [0.4, 0.5) is 13.2 Å². The Labute approximate surface area is 88.8 Å². The number of nitrogens with zero attached hydrogens (tertiary/aromatic N) is 1. The third kappa shape index (κ3) is 4.38. The highest BCUT2D eigenvalue weighted by molar-refractivity contribution is 4.81. The summed E-state index contributed by atoms with van der Waals surface area (Å²) >= 11 is 0. The van der Waals surface area contributed by atoms with Crippen LogP contribution in [-0.2, 0) is 0 Å². The molecule has 1 aliphatic heterocycles. The Morgan fingerprint density at radius 2 is 2.07 bits per heavy atom. The maximum atomic E-state index is 12.3. The van der Waals surface area contributed by atoms with E-state index in [1.165, 1.54) is 0 Å². The molecule has 1 heterocycles. The van der Waals surface area contributed by atoms with Gasteiger partial charge in [0, 0.05) is 19.1 Å². The van der Waals surface area contributed by atoms with Gasteiger partial charge in [0.1, 0.15) is 0 Å². The van der Waals surface area contributed by atoms with Crippen molar-refractivity contribution in [3.8, 4) is 0 Å². The molecule has 1 rings (SSSR count). The van der Waals surface area contributed by atoms with Gasteiger partial charge in [0.05, 0.1) is 6.54 Å². The Kier molecular flexibility index (Phi) is 4.40. The first-order valence-electron chi connectivity index (χ1n) is 5.41. The van der Waals surface area contributed by atoms with Crippen molar-refractivity contribution in [3.05, 3.63) is 0 Å². The molecule has 0 aromatic rings. The molecule has 1 saturated heterocycles. The number of rotatable bonds is 2. The number of hydrogen-bond donors (Lipinski definition) is 1. The zero-order valence-electron chi connectivity index (χ0n) is 9.27. The number of nitrogens with one attached hydrogen (secondary N) is 1. The maximum Gasteiger partial charge on any atom is 0.401 e. The molecular formula is C10H19F3N2. The van der Waals surface area contributed by atoms with E-state index in [4.69, 9.17) is 0 Å². The second-order valence-electron chi connectivity index (χ2n) is 4.45. The molecule has 0 amide bonds. The van der Waals surface area contributed by atoms with E-state index in [0.717, 1.165) is 13.0 Å². The predicted molar refractivity (Wildman–Crippen MR) is 53.7 cm³/mol. The Hall–Kier alpha value is -0.290. The third-order valence-corrected chi connectivity index (χ3v) is 2.77. The van der Waals surface area contributed by atoms with Gasteiger partial charge < -0.3 is 5.32 Å². The summed E-state index contributed by atoms with van der Waals surface area (Å²) in [5.41, 5.74) is 0. The van der Waals surface area contributed by atoms with E-state index in [2.05, 4.69) is 5.32 Å². The minimum atomic E-state index is -4.09. The lowest BCUT2D eigenvalue weighted by molar-refractivity contribution is -0.151. The average Bonchev–Trinajstić information content (AvgIpc) is 2.26. The van der Waals surface area contributed by atoms with Crippen molar-refractivity contribution >= 4 is 0 Å². The minimum Gasteiger partial charge on any atom is -0.315 e. The molecule has 0 radical (unpaired) electrons. The second kappa shape index (κ2) is 5.16. The zero-order valence-corrected chi connectivity index (χ0v) is 9.27. The summed E-state index contributed by atoms with van der Waals surface area (Å²) in [7, 11) is 0. The molecule has 90 valence electrons. The molecule has 5 heteroatoms.